The van der Waals surface area contributed by atoms with Gasteiger partial charge in [-0.15, -0.1) is 0 Å². The summed E-state index contributed by atoms with van der Waals surface area (Å²) in [5.74, 6) is -0.227. The Labute approximate surface area is 183 Å². The molecule has 0 saturated heterocycles. The zero-order valence-corrected chi connectivity index (χ0v) is 17.5. The van der Waals surface area contributed by atoms with E-state index in [0.29, 0.717) is 33.3 Å². The number of phenolic OH excluding ortho intramolecular Hbond substituents is 1. The highest BCUT2D eigenvalue weighted by atomic mass is 35.5. The fourth-order valence-electron chi connectivity index (χ4n) is 2.98. The highest BCUT2D eigenvalue weighted by Crippen LogP contribution is 2.35. The molecule has 0 amide bonds. The molecule has 0 spiro atoms. The van der Waals surface area contributed by atoms with E-state index in [1.165, 1.54) is 37.3 Å². The minimum atomic E-state index is -1.13. The molecule has 0 aliphatic carbocycles. The van der Waals surface area contributed by atoms with Gasteiger partial charge in [0, 0.05) is 22.0 Å². The number of hydrogen-bond donors (Lipinski definition) is 2. The van der Waals surface area contributed by atoms with Gasteiger partial charge in [-0.3, -0.25) is 4.79 Å². The Morgan fingerprint density at radius 2 is 1.70 bits per heavy atom. The van der Waals surface area contributed by atoms with Gasteiger partial charge in [0.25, 0.3) is 0 Å². The van der Waals surface area contributed by atoms with Crippen molar-refractivity contribution in [2.45, 2.75) is 19.4 Å². The standard InChI is InChI=1S/C23H19Cl2FO4/c1-13(27)12-30-17-10-20(24)18(21(25)11-17)8-14-2-7-22(28)19(9-14)23(29)15-3-5-16(26)6-4-15/h2-7,9-11,23,28-29H,8,12H2,1H3. The van der Waals surface area contributed by atoms with Crippen LogP contribution in [0, 0.1) is 5.82 Å². The first kappa shape index (κ1) is 22.1. The molecule has 156 valence electrons. The third-order valence-corrected chi connectivity index (χ3v) is 5.18. The van der Waals surface area contributed by atoms with Crippen molar-refractivity contribution >= 4 is 29.0 Å². The Hall–Kier alpha value is -2.60. The minimum absolute atomic E-state index is 0.0748. The van der Waals surface area contributed by atoms with Crippen molar-refractivity contribution in [2.24, 2.45) is 0 Å². The molecule has 0 heterocycles. The van der Waals surface area contributed by atoms with E-state index in [-0.39, 0.29) is 23.7 Å². The van der Waals surface area contributed by atoms with Crippen LogP contribution in [0.4, 0.5) is 4.39 Å². The maximum atomic E-state index is 13.1. The highest BCUT2D eigenvalue weighted by molar-refractivity contribution is 6.36. The lowest BCUT2D eigenvalue weighted by atomic mass is 9.96. The number of ketones is 1. The normalized spacial score (nSPS) is 11.9. The molecule has 1 unspecified atom stereocenters. The van der Waals surface area contributed by atoms with Gasteiger partial charge in [0.1, 0.15) is 30.0 Å². The second kappa shape index (κ2) is 9.47. The smallest absolute Gasteiger partial charge is 0.167 e. The first-order chi connectivity index (χ1) is 14.2. The number of Topliss-reactive ketones (excluding diaryl/α,β-unsaturated/α-hetero) is 1. The molecule has 0 fully saturated rings. The Bertz CT molecular complexity index is 1040. The van der Waals surface area contributed by atoms with Gasteiger partial charge < -0.3 is 14.9 Å². The van der Waals surface area contributed by atoms with E-state index in [9.17, 15) is 19.4 Å². The summed E-state index contributed by atoms with van der Waals surface area (Å²) in [6.45, 7) is 1.34. The number of rotatable bonds is 7. The van der Waals surface area contributed by atoms with E-state index in [1.807, 2.05) is 0 Å². The summed E-state index contributed by atoms with van der Waals surface area (Å²) in [7, 11) is 0. The molecular weight excluding hydrogens is 430 g/mol. The van der Waals surface area contributed by atoms with Gasteiger partial charge in [0.05, 0.1) is 0 Å². The lowest BCUT2D eigenvalue weighted by Crippen LogP contribution is -2.06. The first-order valence-electron chi connectivity index (χ1n) is 9.10. The zero-order valence-electron chi connectivity index (χ0n) is 16.0. The van der Waals surface area contributed by atoms with Crippen molar-refractivity contribution in [2.75, 3.05) is 6.61 Å². The maximum absolute atomic E-state index is 13.1. The second-order valence-electron chi connectivity index (χ2n) is 6.88. The van der Waals surface area contributed by atoms with Crippen molar-refractivity contribution in [1.29, 1.82) is 0 Å². The Kier molecular flexibility index (Phi) is 6.98. The summed E-state index contributed by atoms with van der Waals surface area (Å²) < 4.78 is 18.5. The lowest BCUT2D eigenvalue weighted by molar-refractivity contribution is -0.118. The Morgan fingerprint density at radius 1 is 1.07 bits per heavy atom. The first-order valence-corrected chi connectivity index (χ1v) is 9.85. The summed E-state index contributed by atoms with van der Waals surface area (Å²) in [6.07, 6.45) is -0.785. The number of carbonyl (C=O) groups excluding carboxylic acids is 1. The lowest BCUT2D eigenvalue weighted by Gasteiger charge is -2.16. The summed E-state index contributed by atoms with van der Waals surface area (Å²) in [6, 6.07) is 13.4. The van der Waals surface area contributed by atoms with Crippen LogP contribution in [0.5, 0.6) is 11.5 Å². The molecule has 3 rings (SSSR count). The van der Waals surface area contributed by atoms with E-state index in [1.54, 1.807) is 24.3 Å². The summed E-state index contributed by atoms with van der Waals surface area (Å²) in [5, 5.41) is 21.6. The molecule has 0 aliphatic rings. The van der Waals surface area contributed by atoms with Crippen molar-refractivity contribution in [3.8, 4) is 11.5 Å². The molecule has 30 heavy (non-hydrogen) atoms. The monoisotopic (exact) mass is 448 g/mol. The van der Waals surface area contributed by atoms with Crippen molar-refractivity contribution < 1.29 is 24.1 Å². The van der Waals surface area contributed by atoms with Crippen molar-refractivity contribution in [3.63, 3.8) is 0 Å². The molecule has 2 N–H and O–H groups in total. The van der Waals surface area contributed by atoms with E-state index in [0.717, 1.165) is 5.56 Å². The molecule has 3 aromatic rings. The number of aliphatic hydroxyl groups excluding tert-OH is 1. The van der Waals surface area contributed by atoms with E-state index >= 15 is 0 Å². The Balaban J connectivity index is 1.86. The van der Waals surface area contributed by atoms with E-state index < -0.39 is 11.9 Å². The molecule has 0 radical (unpaired) electrons. The van der Waals surface area contributed by atoms with Gasteiger partial charge in [-0.2, -0.15) is 0 Å². The third kappa shape index (κ3) is 5.30. The van der Waals surface area contributed by atoms with Crippen LogP contribution in [-0.4, -0.2) is 22.6 Å². The number of aliphatic hydroxyl groups is 1. The van der Waals surface area contributed by atoms with Crippen LogP contribution in [0.3, 0.4) is 0 Å². The van der Waals surface area contributed by atoms with Crippen LogP contribution in [0.1, 0.15) is 35.3 Å². The SMILES string of the molecule is CC(=O)COc1cc(Cl)c(Cc2ccc(O)c(C(O)c3ccc(F)cc3)c2)c(Cl)c1. The van der Waals surface area contributed by atoms with Gasteiger partial charge in [0.15, 0.2) is 5.78 Å². The zero-order chi connectivity index (χ0) is 21.8. The molecule has 4 nitrogen and oxygen atoms in total. The van der Waals surface area contributed by atoms with Gasteiger partial charge >= 0.3 is 0 Å². The van der Waals surface area contributed by atoms with Crippen molar-refractivity contribution in [3.05, 3.63) is 92.7 Å². The predicted molar refractivity (Wildman–Crippen MR) is 114 cm³/mol. The van der Waals surface area contributed by atoms with Crippen LogP contribution in [-0.2, 0) is 11.2 Å². The molecule has 0 bridgehead atoms. The quantitative estimate of drug-likeness (QED) is 0.502. The van der Waals surface area contributed by atoms with Crippen LogP contribution in [0.25, 0.3) is 0 Å². The summed E-state index contributed by atoms with van der Waals surface area (Å²) >= 11 is 12.7. The molecule has 3 aromatic carbocycles. The van der Waals surface area contributed by atoms with Crippen LogP contribution >= 0.6 is 23.2 Å². The predicted octanol–water partition coefficient (Wildman–Crippen LogP) is 5.48. The molecule has 0 aliphatic heterocycles. The van der Waals surface area contributed by atoms with E-state index in [2.05, 4.69) is 0 Å². The maximum Gasteiger partial charge on any atom is 0.167 e. The topological polar surface area (TPSA) is 66.8 Å². The van der Waals surface area contributed by atoms with Crippen LogP contribution < -0.4 is 4.74 Å². The molecule has 1 atom stereocenters. The largest absolute Gasteiger partial charge is 0.508 e. The average molecular weight is 449 g/mol. The molecule has 0 aromatic heterocycles. The number of halogens is 3. The van der Waals surface area contributed by atoms with E-state index in [4.69, 9.17) is 27.9 Å². The summed E-state index contributed by atoms with van der Waals surface area (Å²) in [4.78, 5) is 11.1. The molecular formula is C23H19Cl2FO4. The van der Waals surface area contributed by atoms with Gasteiger partial charge in [-0.25, -0.2) is 4.39 Å². The summed E-state index contributed by atoms with van der Waals surface area (Å²) in [5.41, 5.74) is 2.13. The van der Waals surface area contributed by atoms with Crippen molar-refractivity contribution in [1.82, 2.24) is 0 Å². The number of phenols is 1. The third-order valence-electron chi connectivity index (χ3n) is 4.51. The molecule has 0 saturated carbocycles. The highest BCUT2D eigenvalue weighted by Gasteiger charge is 2.17. The van der Waals surface area contributed by atoms with Gasteiger partial charge in [-0.1, -0.05) is 41.4 Å². The molecule has 7 heteroatoms. The fraction of sp³-hybridized carbons (Fsp3) is 0.174. The Morgan fingerprint density at radius 3 is 2.30 bits per heavy atom. The average Bonchev–Trinajstić information content (AvgIpc) is 2.70. The number of ether oxygens (including phenoxy) is 1. The van der Waals surface area contributed by atoms with Crippen LogP contribution in [0.15, 0.2) is 54.6 Å². The fourth-order valence-corrected chi connectivity index (χ4v) is 3.58. The van der Waals surface area contributed by atoms with Crippen LogP contribution in [0.2, 0.25) is 10.0 Å². The second-order valence-corrected chi connectivity index (χ2v) is 7.69. The number of aromatic hydroxyl groups is 1. The number of carbonyl (C=O) groups is 1. The van der Waals surface area contributed by atoms with Gasteiger partial charge in [-0.05, 0) is 60.0 Å². The minimum Gasteiger partial charge on any atom is -0.508 e. The van der Waals surface area contributed by atoms with Gasteiger partial charge in [0.2, 0.25) is 0 Å². The number of benzene rings is 3. The number of hydrogen-bond acceptors (Lipinski definition) is 4.